The molecular weight excluding hydrogens is 354 g/mol. The summed E-state index contributed by atoms with van der Waals surface area (Å²) < 4.78 is 12.7. The van der Waals surface area contributed by atoms with Crippen molar-refractivity contribution in [2.75, 3.05) is 26.1 Å². The number of fused-ring (bicyclic) bond motifs is 1. The molecule has 3 aromatic rings. The monoisotopic (exact) mass is 377 g/mol. The average Bonchev–Trinajstić information content (AvgIpc) is 3.22. The van der Waals surface area contributed by atoms with Crippen molar-refractivity contribution in [3.05, 3.63) is 78.1 Å². The third-order valence-electron chi connectivity index (χ3n) is 5.05. The maximum atomic E-state index is 13.1. The average molecular weight is 377 g/mol. The van der Waals surface area contributed by atoms with Crippen LogP contribution in [0.25, 0.3) is 0 Å². The molecule has 2 aromatic carbocycles. The number of urea groups is 1. The molecule has 28 heavy (non-hydrogen) atoms. The minimum absolute atomic E-state index is 0.137. The van der Waals surface area contributed by atoms with Crippen LogP contribution < -0.4 is 14.8 Å². The number of ether oxygens (including phenoxy) is 2. The van der Waals surface area contributed by atoms with E-state index in [0.29, 0.717) is 18.0 Å². The van der Waals surface area contributed by atoms with Crippen LogP contribution in [0.2, 0.25) is 0 Å². The zero-order valence-electron chi connectivity index (χ0n) is 16.0. The van der Waals surface area contributed by atoms with Gasteiger partial charge in [-0.3, -0.25) is 0 Å². The van der Waals surface area contributed by atoms with E-state index in [-0.39, 0.29) is 12.1 Å². The third-order valence-corrected chi connectivity index (χ3v) is 5.05. The van der Waals surface area contributed by atoms with Gasteiger partial charge in [-0.05, 0) is 42.0 Å². The summed E-state index contributed by atoms with van der Waals surface area (Å²) in [6, 6.07) is 19.0. The zero-order valence-corrected chi connectivity index (χ0v) is 16.0. The topological polar surface area (TPSA) is 55.7 Å². The molecule has 0 bridgehead atoms. The predicted molar refractivity (Wildman–Crippen MR) is 108 cm³/mol. The molecule has 1 atom stereocenters. The molecule has 0 saturated carbocycles. The fourth-order valence-electron chi connectivity index (χ4n) is 3.64. The summed E-state index contributed by atoms with van der Waals surface area (Å²) in [7, 11) is 3.26. The number of rotatable bonds is 4. The van der Waals surface area contributed by atoms with Crippen molar-refractivity contribution in [1.29, 1.82) is 0 Å². The molecule has 1 aliphatic rings. The van der Waals surface area contributed by atoms with Crippen molar-refractivity contribution in [3.63, 3.8) is 0 Å². The van der Waals surface area contributed by atoms with Crippen molar-refractivity contribution in [1.82, 2.24) is 9.47 Å². The van der Waals surface area contributed by atoms with Gasteiger partial charge in [0.05, 0.1) is 20.3 Å². The van der Waals surface area contributed by atoms with Gasteiger partial charge in [-0.15, -0.1) is 0 Å². The molecule has 4 rings (SSSR count). The van der Waals surface area contributed by atoms with E-state index >= 15 is 0 Å². The maximum absolute atomic E-state index is 13.1. The number of hydrogen-bond donors (Lipinski definition) is 1. The highest BCUT2D eigenvalue weighted by atomic mass is 16.5. The molecule has 0 radical (unpaired) electrons. The Balaban J connectivity index is 1.64. The Labute approximate surface area is 164 Å². The molecule has 0 spiro atoms. The number of carbonyl (C=O) groups is 1. The first-order valence-electron chi connectivity index (χ1n) is 9.20. The van der Waals surface area contributed by atoms with Gasteiger partial charge in [-0.1, -0.05) is 18.2 Å². The van der Waals surface area contributed by atoms with Crippen LogP contribution in [0.1, 0.15) is 17.3 Å². The zero-order chi connectivity index (χ0) is 19.5. The molecule has 2 heterocycles. The van der Waals surface area contributed by atoms with Crippen molar-refractivity contribution < 1.29 is 14.3 Å². The maximum Gasteiger partial charge on any atom is 0.322 e. The highest BCUT2D eigenvalue weighted by Crippen LogP contribution is 2.33. The summed E-state index contributed by atoms with van der Waals surface area (Å²) in [5, 5.41) is 3.00. The van der Waals surface area contributed by atoms with E-state index in [0.717, 1.165) is 23.6 Å². The lowest BCUT2D eigenvalue weighted by Crippen LogP contribution is -2.44. The van der Waals surface area contributed by atoms with Gasteiger partial charge in [0.2, 0.25) is 0 Å². The second kappa shape index (κ2) is 7.68. The summed E-state index contributed by atoms with van der Waals surface area (Å²) in [5.74, 6) is 1.50. The minimum Gasteiger partial charge on any atom is -0.497 e. The summed E-state index contributed by atoms with van der Waals surface area (Å²) in [5.41, 5.74) is 2.84. The van der Waals surface area contributed by atoms with Crippen LogP contribution in [0.15, 0.2) is 66.9 Å². The quantitative estimate of drug-likeness (QED) is 0.743. The van der Waals surface area contributed by atoms with Crippen LogP contribution in [-0.2, 0) is 6.54 Å². The Bertz CT molecular complexity index is 965. The molecular formula is C22H23N3O3. The van der Waals surface area contributed by atoms with Crippen LogP contribution in [0.3, 0.4) is 0 Å². The normalized spacial score (nSPS) is 15.6. The Kier molecular flexibility index (Phi) is 4.93. The van der Waals surface area contributed by atoms with Gasteiger partial charge in [-0.25, -0.2) is 4.79 Å². The van der Waals surface area contributed by atoms with Gasteiger partial charge in [-0.2, -0.15) is 0 Å². The van der Waals surface area contributed by atoms with E-state index in [1.54, 1.807) is 14.2 Å². The molecule has 2 amide bonds. The number of nitrogens with one attached hydrogen (secondary N) is 1. The molecule has 0 saturated heterocycles. The number of amides is 2. The van der Waals surface area contributed by atoms with E-state index in [1.807, 2.05) is 59.5 Å². The number of carbonyl (C=O) groups excluding carboxylic acids is 1. The number of methoxy groups -OCH3 is 2. The number of aromatic nitrogens is 1. The highest BCUT2D eigenvalue weighted by Gasteiger charge is 2.32. The summed E-state index contributed by atoms with van der Waals surface area (Å²) in [6.07, 6.45) is 2.06. The molecule has 0 unspecified atom stereocenters. The van der Waals surface area contributed by atoms with Crippen molar-refractivity contribution in [2.24, 2.45) is 0 Å². The summed E-state index contributed by atoms with van der Waals surface area (Å²) in [4.78, 5) is 15.0. The molecule has 1 aromatic heterocycles. The SMILES string of the molecule is COc1ccc([C@@H]2c3cccn3CCN2C(=O)Nc2cccc(OC)c2)cc1. The lowest BCUT2D eigenvalue weighted by atomic mass is 10.00. The predicted octanol–water partition coefficient (Wildman–Crippen LogP) is 4.14. The van der Waals surface area contributed by atoms with Crippen LogP contribution >= 0.6 is 0 Å². The fraction of sp³-hybridized carbons (Fsp3) is 0.227. The molecule has 6 heteroatoms. The van der Waals surface area contributed by atoms with Crippen molar-refractivity contribution in [2.45, 2.75) is 12.6 Å². The lowest BCUT2D eigenvalue weighted by molar-refractivity contribution is 0.182. The van der Waals surface area contributed by atoms with Gasteiger partial charge < -0.3 is 24.3 Å². The van der Waals surface area contributed by atoms with E-state index < -0.39 is 0 Å². The molecule has 6 nitrogen and oxygen atoms in total. The van der Waals surface area contributed by atoms with Gasteiger partial charge >= 0.3 is 6.03 Å². The molecule has 144 valence electrons. The van der Waals surface area contributed by atoms with Gasteiger partial charge in [0.1, 0.15) is 11.5 Å². The number of hydrogen-bond acceptors (Lipinski definition) is 3. The van der Waals surface area contributed by atoms with E-state index in [1.165, 1.54) is 0 Å². The third kappa shape index (κ3) is 3.41. The van der Waals surface area contributed by atoms with Crippen LogP contribution in [-0.4, -0.2) is 36.3 Å². The van der Waals surface area contributed by atoms with E-state index in [4.69, 9.17) is 9.47 Å². The Hall–Kier alpha value is -3.41. The highest BCUT2D eigenvalue weighted by molar-refractivity contribution is 5.90. The van der Waals surface area contributed by atoms with Crippen LogP contribution in [0, 0.1) is 0 Å². The molecule has 0 aliphatic carbocycles. The van der Waals surface area contributed by atoms with E-state index in [9.17, 15) is 4.79 Å². The Morgan fingerprint density at radius 2 is 1.75 bits per heavy atom. The molecule has 0 fully saturated rings. The van der Waals surface area contributed by atoms with Gasteiger partial charge in [0.25, 0.3) is 0 Å². The van der Waals surface area contributed by atoms with E-state index in [2.05, 4.69) is 22.1 Å². The standard InChI is InChI=1S/C22H23N3O3/c1-27-18-10-8-16(9-11-18)21-20-7-4-12-24(20)13-14-25(21)22(26)23-17-5-3-6-19(15-17)28-2/h3-12,15,21H,13-14H2,1-2H3,(H,23,26)/t21-/m1/s1. The number of nitrogens with zero attached hydrogens (tertiary/aromatic N) is 2. The smallest absolute Gasteiger partial charge is 0.322 e. The molecule has 1 aliphatic heterocycles. The Morgan fingerprint density at radius 1 is 0.964 bits per heavy atom. The number of anilines is 1. The molecule has 1 N–H and O–H groups in total. The summed E-state index contributed by atoms with van der Waals surface area (Å²) in [6.45, 7) is 1.38. The van der Waals surface area contributed by atoms with Crippen LogP contribution in [0.5, 0.6) is 11.5 Å². The Morgan fingerprint density at radius 3 is 2.50 bits per heavy atom. The van der Waals surface area contributed by atoms with Gasteiger partial charge in [0, 0.05) is 36.7 Å². The first kappa shape index (κ1) is 18.0. The van der Waals surface area contributed by atoms with Crippen molar-refractivity contribution >= 4 is 11.7 Å². The van der Waals surface area contributed by atoms with Gasteiger partial charge in [0.15, 0.2) is 0 Å². The lowest BCUT2D eigenvalue weighted by Gasteiger charge is -2.37. The van der Waals surface area contributed by atoms with Crippen molar-refractivity contribution in [3.8, 4) is 11.5 Å². The largest absolute Gasteiger partial charge is 0.497 e. The second-order valence-electron chi connectivity index (χ2n) is 6.66. The first-order chi connectivity index (χ1) is 13.7. The first-order valence-corrected chi connectivity index (χ1v) is 9.20. The fourth-order valence-corrected chi connectivity index (χ4v) is 3.64. The minimum atomic E-state index is -0.166. The summed E-state index contributed by atoms with van der Waals surface area (Å²) >= 11 is 0. The number of benzene rings is 2. The van der Waals surface area contributed by atoms with Crippen LogP contribution in [0.4, 0.5) is 10.5 Å². The second-order valence-corrected chi connectivity index (χ2v) is 6.66.